The molecule has 0 radical (unpaired) electrons. The van der Waals surface area contributed by atoms with Crippen LogP contribution in [0.15, 0.2) is 219 Å². The smallest absolute Gasteiger partial charge is 0.0674 e. The van der Waals surface area contributed by atoms with Crippen molar-refractivity contribution >= 4 is 28.0 Å². The van der Waals surface area contributed by atoms with Crippen molar-refractivity contribution in [3.05, 3.63) is 257 Å². The van der Waals surface area contributed by atoms with Gasteiger partial charge >= 0.3 is 0 Å². The predicted octanol–water partition coefficient (Wildman–Crippen LogP) is 16.5. The molecule has 0 bridgehead atoms. The molecule has 2 aliphatic rings. The first-order chi connectivity index (χ1) is 28.8. The van der Waals surface area contributed by atoms with Crippen molar-refractivity contribution in [2.24, 2.45) is 0 Å². The van der Waals surface area contributed by atoms with Gasteiger partial charge in [0.2, 0.25) is 0 Å². The van der Waals surface area contributed by atoms with E-state index in [9.17, 15) is 0 Å². The Morgan fingerprint density at radius 3 is 1.93 bits per heavy atom. The van der Waals surface area contributed by atoms with Crippen molar-refractivity contribution in [1.29, 1.82) is 0 Å². The van der Waals surface area contributed by atoms with E-state index in [1.807, 2.05) is 45.9 Å². The largest absolute Gasteiger partial charge is 0.0990 e. The molecular weight excluding hydrogens is 709 g/mol. The molecule has 59 heavy (non-hydrogen) atoms. The fourth-order valence-electron chi connectivity index (χ4n) is 8.80. The van der Waals surface area contributed by atoms with E-state index >= 15 is 0 Å². The Morgan fingerprint density at radius 1 is 0.559 bits per heavy atom. The fourth-order valence-corrected chi connectivity index (χ4v) is 8.80. The third-order valence-electron chi connectivity index (χ3n) is 11.3. The van der Waals surface area contributed by atoms with E-state index in [0.29, 0.717) is 0 Å². The Labute approximate surface area is 354 Å². The second kappa shape index (κ2) is 19.3. The predicted molar refractivity (Wildman–Crippen MR) is 261 cm³/mol. The lowest BCUT2D eigenvalue weighted by molar-refractivity contribution is 0.583. The zero-order valence-corrected chi connectivity index (χ0v) is 35.9. The third-order valence-corrected chi connectivity index (χ3v) is 11.3. The third kappa shape index (κ3) is 8.41. The molecule has 6 aromatic carbocycles. The number of benzene rings is 6. The van der Waals surface area contributed by atoms with Crippen molar-refractivity contribution in [2.45, 2.75) is 59.3 Å². The standard InChI is InChI=1S/C53H44.C4H8.C2H6/c1-5-20-41(45-30-18-26-42-25-12-13-28-44(42)45)24-11-7-10-23-40(39-21-8-6-9-22-39)35-36-43-27-19-34-50-51(43)46-29-14-15-31-47(46)53(50)38(2)37-52(3,4)48-32-16-17-33-49(48)53;1-3-4-2;1-2/h5-37H,1H2,2-4H3;3-4H,1-2H3;1-2H3/b10-7+,24-11-,36-35-,40-23+,41-20+;4-3-;. The highest BCUT2D eigenvalue weighted by Gasteiger charge is 2.50. The molecule has 0 amide bonds. The van der Waals surface area contributed by atoms with Gasteiger partial charge in [0.15, 0.2) is 0 Å². The van der Waals surface area contributed by atoms with Crippen LogP contribution in [0, 0.1) is 0 Å². The topological polar surface area (TPSA) is 0 Å². The van der Waals surface area contributed by atoms with Crippen LogP contribution < -0.4 is 0 Å². The molecule has 0 heteroatoms. The van der Waals surface area contributed by atoms with Crippen molar-refractivity contribution in [2.75, 3.05) is 0 Å². The summed E-state index contributed by atoms with van der Waals surface area (Å²) >= 11 is 0. The average molecular weight is 767 g/mol. The lowest BCUT2D eigenvalue weighted by Crippen LogP contribution is -2.37. The minimum atomic E-state index is -0.319. The maximum Gasteiger partial charge on any atom is 0.0674 e. The highest BCUT2D eigenvalue weighted by molar-refractivity contribution is 5.97. The molecule has 6 aromatic rings. The molecule has 294 valence electrons. The number of allylic oxidation sites excluding steroid dienone is 14. The molecular formula is C59H58. The highest BCUT2D eigenvalue weighted by Crippen LogP contribution is 2.60. The quantitative estimate of drug-likeness (QED) is 0.107. The van der Waals surface area contributed by atoms with Crippen molar-refractivity contribution in [1.82, 2.24) is 0 Å². The van der Waals surface area contributed by atoms with Gasteiger partial charge in [-0.15, -0.1) is 0 Å². The summed E-state index contributed by atoms with van der Waals surface area (Å²) in [4.78, 5) is 0. The number of fused-ring (bicyclic) bond motifs is 8. The van der Waals surface area contributed by atoms with Crippen LogP contribution >= 0.6 is 0 Å². The van der Waals surface area contributed by atoms with E-state index in [0.717, 1.165) is 11.1 Å². The van der Waals surface area contributed by atoms with E-state index in [-0.39, 0.29) is 10.8 Å². The zero-order chi connectivity index (χ0) is 41.8. The van der Waals surface area contributed by atoms with Gasteiger partial charge < -0.3 is 0 Å². The van der Waals surface area contributed by atoms with Gasteiger partial charge in [-0.05, 0) is 92.8 Å². The Kier molecular flexibility index (Phi) is 13.8. The van der Waals surface area contributed by atoms with Crippen molar-refractivity contribution in [3.63, 3.8) is 0 Å². The molecule has 0 heterocycles. The molecule has 1 atom stereocenters. The summed E-state index contributed by atoms with van der Waals surface area (Å²) < 4.78 is 0. The second-order valence-corrected chi connectivity index (χ2v) is 15.3. The molecule has 1 spiro atoms. The minimum absolute atomic E-state index is 0.0430. The minimum Gasteiger partial charge on any atom is -0.0990 e. The van der Waals surface area contributed by atoms with E-state index in [2.05, 4.69) is 222 Å². The summed E-state index contributed by atoms with van der Waals surface area (Å²) in [5, 5.41) is 2.46. The first-order valence-corrected chi connectivity index (χ1v) is 21.0. The van der Waals surface area contributed by atoms with Crippen LogP contribution in [0.3, 0.4) is 0 Å². The Hall–Kier alpha value is -6.50. The Bertz CT molecular complexity index is 2620. The van der Waals surface area contributed by atoms with E-state index in [4.69, 9.17) is 0 Å². The van der Waals surface area contributed by atoms with Crippen LogP contribution in [0.1, 0.15) is 87.4 Å². The van der Waals surface area contributed by atoms with Crippen LogP contribution in [-0.2, 0) is 10.8 Å². The molecule has 1 unspecified atom stereocenters. The van der Waals surface area contributed by atoms with Gasteiger partial charge in [-0.1, -0.05) is 252 Å². The lowest BCUT2D eigenvalue weighted by Gasteiger charge is -2.43. The van der Waals surface area contributed by atoms with Gasteiger partial charge in [-0.3, -0.25) is 0 Å². The number of rotatable bonds is 8. The molecule has 0 fully saturated rings. The van der Waals surface area contributed by atoms with Crippen molar-refractivity contribution < 1.29 is 0 Å². The van der Waals surface area contributed by atoms with Gasteiger partial charge in [-0.2, -0.15) is 0 Å². The fraction of sp³-hybridized carbons (Fsp3) is 0.153. The highest BCUT2D eigenvalue weighted by atomic mass is 14.5. The molecule has 0 N–H and O–H groups in total. The summed E-state index contributed by atoms with van der Waals surface area (Å²) in [5.74, 6) is 0. The van der Waals surface area contributed by atoms with Crippen LogP contribution in [-0.4, -0.2) is 0 Å². The van der Waals surface area contributed by atoms with Crippen LogP contribution in [0.4, 0.5) is 0 Å². The second-order valence-electron chi connectivity index (χ2n) is 15.3. The van der Waals surface area contributed by atoms with Gasteiger partial charge in [0.25, 0.3) is 0 Å². The maximum atomic E-state index is 3.98. The summed E-state index contributed by atoms with van der Waals surface area (Å²) in [6, 6.07) is 50.6. The monoisotopic (exact) mass is 766 g/mol. The van der Waals surface area contributed by atoms with Gasteiger partial charge in [0.1, 0.15) is 0 Å². The van der Waals surface area contributed by atoms with Gasteiger partial charge in [0, 0.05) is 5.41 Å². The lowest BCUT2D eigenvalue weighted by atomic mass is 9.59. The van der Waals surface area contributed by atoms with E-state index in [1.54, 1.807) is 0 Å². The molecule has 0 aromatic heterocycles. The molecule has 0 saturated carbocycles. The summed E-state index contributed by atoms with van der Waals surface area (Å²) in [7, 11) is 0. The normalized spacial score (nSPS) is 16.7. The van der Waals surface area contributed by atoms with E-state index < -0.39 is 0 Å². The molecule has 8 rings (SSSR count). The van der Waals surface area contributed by atoms with Crippen LogP contribution in [0.2, 0.25) is 0 Å². The van der Waals surface area contributed by atoms with Crippen molar-refractivity contribution in [3.8, 4) is 11.1 Å². The SMILES string of the molecule is C/C=C\C.C=C\C=C(/C=C\C=C\C=C(/C=C\c1cccc2c1-c1ccccc1C21C(C)=CC(C)(C)c2ccccc21)c1ccccc1)c1cccc2ccccc12.CC. The maximum absolute atomic E-state index is 3.98. The number of hydrogen-bond donors (Lipinski definition) is 0. The zero-order valence-electron chi connectivity index (χ0n) is 35.9. The van der Waals surface area contributed by atoms with Gasteiger partial charge in [-0.25, -0.2) is 0 Å². The summed E-state index contributed by atoms with van der Waals surface area (Å²) in [6.45, 7) is 19.0. The Balaban J connectivity index is 0.000000921. The summed E-state index contributed by atoms with van der Waals surface area (Å²) in [6.07, 6.45) is 25.7. The average Bonchev–Trinajstić information content (AvgIpc) is 3.58. The first-order valence-electron chi connectivity index (χ1n) is 21.0. The van der Waals surface area contributed by atoms with Crippen LogP contribution in [0.25, 0.3) is 39.1 Å². The first kappa shape index (κ1) is 42.1. The summed E-state index contributed by atoms with van der Waals surface area (Å²) in [5.41, 5.74) is 15.1. The number of hydrogen-bond acceptors (Lipinski definition) is 0. The molecule has 0 aliphatic heterocycles. The molecule has 0 saturated heterocycles. The van der Waals surface area contributed by atoms with Crippen LogP contribution in [0.5, 0.6) is 0 Å². The Morgan fingerprint density at radius 2 is 1.19 bits per heavy atom. The van der Waals surface area contributed by atoms with E-state index in [1.165, 1.54) is 66.4 Å². The van der Waals surface area contributed by atoms with Gasteiger partial charge in [0.05, 0.1) is 5.41 Å². The molecule has 0 nitrogen and oxygen atoms in total. The molecule has 2 aliphatic carbocycles.